The van der Waals surface area contributed by atoms with Gasteiger partial charge in [-0.1, -0.05) is 24.3 Å². The van der Waals surface area contributed by atoms with Crippen molar-refractivity contribution in [2.24, 2.45) is 0 Å². The molecule has 4 aromatic heterocycles. The van der Waals surface area contributed by atoms with Gasteiger partial charge in [0.25, 0.3) is 11.1 Å². The Balaban J connectivity index is 0.000000175. The Morgan fingerprint density at radius 2 is 0.893 bits per heavy atom. The summed E-state index contributed by atoms with van der Waals surface area (Å²) in [5, 5.41) is 29.2. The summed E-state index contributed by atoms with van der Waals surface area (Å²) in [6.45, 7) is 5.25. The second kappa shape index (κ2) is 22.6. The lowest BCUT2D eigenvalue weighted by atomic mass is 9.88. The fraction of sp³-hybridized carbons (Fsp3) is 0.552. The van der Waals surface area contributed by atoms with E-state index in [0.717, 1.165) is 12.1 Å². The standard InChI is InChI=1S/2C29H31F5N6O2/c2*1-16-13-21(26(42)37-35-16)17-7-11-39(12-8-17)23(41)14-18-5-6-19(20-3-2-4-22(30)24(20)31)15-40-25(18)36-38-27(40)28(9-10-28)29(32,33)34/h2*2-4,13,17-19H,5-12,14-15H2,1H3,(H,37,42)/t2*18-,19+/m10/s1. The molecule has 2 N–H and O–H groups in total. The Morgan fingerprint density at radius 3 is 1.24 bits per heavy atom. The van der Waals surface area contributed by atoms with Crippen molar-refractivity contribution >= 4 is 11.8 Å². The lowest BCUT2D eigenvalue weighted by molar-refractivity contribution is -0.163. The third kappa shape index (κ3) is 11.2. The molecule has 0 bridgehead atoms. The molecule has 16 nitrogen and oxygen atoms in total. The number of alkyl halides is 6. The van der Waals surface area contributed by atoms with E-state index in [0.29, 0.717) is 100 Å². The van der Waals surface area contributed by atoms with E-state index >= 15 is 0 Å². The number of aromatic amines is 2. The Labute approximate surface area is 474 Å². The molecule has 8 heterocycles. The summed E-state index contributed by atoms with van der Waals surface area (Å²) in [4.78, 5) is 54.9. The van der Waals surface area contributed by atoms with Crippen LogP contribution in [0, 0.1) is 37.1 Å². The molecule has 6 aliphatic rings. The van der Waals surface area contributed by atoms with Crippen molar-refractivity contribution in [1.82, 2.24) is 59.7 Å². The monoisotopic (exact) mass is 1180 g/mol. The molecule has 2 aromatic carbocycles. The fourth-order valence-corrected chi connectivity index (χ4v) is 13.3. The minimum absolute atomic E-state index is 0.00905. The van der Waals surface area contributed by atoms with Crippen LogP contribution in [0.1, 0.15) is 182 Å². The Morgan fingerprint density at radius 1 is 0.524 bits per heavy atom. The first-order chi connectivity index (χ1) is 40.0. The van der Waals surface area contributed by atoms with Crippen molar-refractivity contribution in [3.63, 3.8) is 0 Å². The Hall–Kier alpha value is -7.28. The SMILES string of the molecule is Cc1cc(C2CCN(C(=O)C[C@@H]3CC[C@@H](c4cccc(F)c4F)Cn4c3nnc4C3(C(F)(F)F)CC3)CC2)c(=O)[nH]n1.Cc1cc(C2CCN(C(=O)C[C@H]3CC[C@H](c4cccc(F)c4F)Cn4c3nnc4C3(C(F)(F)F)CC3)CC2)c(=O)[nH]n1. The number of benzene rings is 2. The van der Waals surface area contributed by atoms with E-state index in [-0.39, 0.29) is 121 Å². The first-order valence-electron chi connectivity index (χ1n) is 28.5. The zero-order valence-corrected chi connectivity index (χ0v) is 46.1. The predicted octanol–water partition coefficient (Wildman–Crippen LogP) is 10.00. The molecule has 2 aliphatic carbocycles. The van der Waals surface area contributed by atoms with Gasteiger partial charge in [-0.05, 0) is 138 Å². The minimum Gasteiger partial charge on any atom is -0.343 e. The van der Waals surface area contributed by atoms with E-state index < -0.39 is 70.1 Å². The topological polar surface area (TPSA) is 194 Å². The largest absolute Gasteiger partial charge is 0.401 e. The quantitative estimate of drug-likeness (QED) is 0.125. The first kappa shape index (κ1) is 58.5. The summed E-state index contributed by atoms with van der Waals surface area (Å²) in [7, 11) is 0. The highest BCUT2D eigenvalue weighted by Crippen LogP contribution is 2.60. The lowest BCUT2D eigenvalue weighted by Gasteiger charge is -2.32. The molecule has 26 heteroatoms. The van der Waals surface area contributed by atoms with E-state index in [1.54, 1.807) is 35.8 Å². The maximum Gasteiger partial charge on any atom is 0.401 e. The summed E-state index contributed by atoms with van der Waals surface area (Å²) < 4.78 is 146. The van der Waals surface area contributed by atoms with E-state index in [1.807, 2.05) is 0 Å². The molecule has 2 saturated heterocycles. The number of aromatic nitrogens is 10. The second-order valence-corrected chi connectivity index (χ2v) is 23.7. The van der Waals surface area contributed by atoms with Crippen molar-refractivity contribution < 1.29 is 53.5 Å². The van der Waals surface area contributed by atoms with Gasteiger partial charge in [0.2, 0.25) is 11.8 Å². The van der Waals surface area contributed by atoms with Crippen LogP contribution < -0.4 is 11.1 Å². The van der Waals surface area contributed by atoms with Gasteiger partial charge in [0, 0.05) is 86.9 Å². The molecule has 4 aliphatic heterocycles. The van der Waals surface area contributed by atoms with E-state index in [1.165, 1.54) is 33.4 Å². The number of rotatable bonds is 10. The smallest absolute Gasteiger partial charge is 0.343 e. The number of piperidine rings is 2. The van der Waals surface area contributed by atoms with Gasteiger partial charge in [-0.3, -0.25) is 19.2 Å². The van der Waals surface area contributed by atoms with Crippen molar-refractivity contribution in [2.45, 2.75) is 176 Å². The van der Waals surface area contributed by atoms with Gasteiger partial charge in [0.1, 0.15) is 34.1 Å². The van der Waals surface area contributed by atoms with Crippen molar-refractivity contribution in [2.75, 3.05) is 26.2 Å². The molecular formula is C58H62F10N12O4. The summed E-state index contributed by atoms with van der Waals surface area (Å²) in [5.41, 5.74) is -1.83. The van der Waals surface area contributed by atoms with Crippen LogP contribution in [0.25, 0.3) is 0 Å². The molecule has 448 valence electrons. The van der Waals surface area contributed by atoms with Gasteiger partial charge < -0.3 is 18.9 Å². The highest BCUT2D eigenvalue weighted by atomic mass is 19.4. The van der Waals surface area contributed by atoms with Gasteiger partial charge in [-0.15, -0.1) is 20.4 Å². The summed E-state index contributed by atoms with van der Waals surface area (Å²) >= 11 is 0. The van der Waals surface area contributed by atoms with Gasteiger partial charge in [0.05, 0.1) is 11.4 Å². The fourth-order valence-electron chi connectivity index (χ4n) is 13.3. The van der Waals surface area contributed by atoms with Crippen LogP contribution in [0.2, 0.25) is 0 Å². The van der Waals surface area contributed by atoms with Gasteiger partial charge in [-0.2, -0.15) is 36.5 Å². The average Bonchev–Trinajstić information content (AvgIpc) is 2.01. The number of carbonyl (C=O) groups is 2. The predicted molar refractivity (Wildman–Crippen MR) is 282 cm³/mol. The second-order valence-electron chi connectivity index (χ2n) is 23.7. The summed E-state index contributed by atoms with van der Waals surface area (Å²) in [6, 6.07) is 11.2. The highest BCUT2D eigenvalue weighted by molar-refractivity contribution is 5.77. The molecular weight excluding hydrogens is 1120 g/mol. The van der Waals surface area contributed by atoms with E-state index in [4.69, 9.17) is 0 Å². The van der Waals surface area contributed by atoms with Crippen LogP contribution in [-0.2, 0) is 33.5 Å². The number of H-pyrrole nitrogens is 2. The average molecular weight is 1180 g/mol. The maximum absolute atomic E-state index is 14.8. The van der Waals surface area contributed by atoms with Crippen molar-refractivity contribution in [1.29, 1.82) is 0 Å². The molecule has 0 radical (unpaired) electrons. The Bertz CT molecular complexity index is 3340. The van der Waals surface area contributed by atoms with Gasteiger partial charge in [-0.25, -0.2) is 27.8 Å². The van der Waals surface area contributed by atoms with Crippen molar-refractivity contribution in [3.05, 3.63) is 149 Å². The zero-order chi connectivity index (χ0) is 59.6. The molecule has 0 spiro atoms. The number of hydrogen-bond acceptors (Lipinski definition) is 10. The normalized spacial score (nSPS) is 22.5. The van der Waals surface area contributed by atoms with Crippen LogP contribution in [-0.4, -0.2) is 110 Å². The van der Waals surface area contributed by atoms with Crippen LogP contribution in [0.3, 0.4) is 0 Å². The van der Waals surface area contributed by atoms with Crippen LogP contribution in [0.4, 0.5) is 43.9 Å². The Kier molecular flexibility index (Phi) is 15.7. The number of likely N-dealkylation sites (tertiary alicyclic amines) is 2. The number of hydrogen-bond donors (Lipinski definition) is 2. The molecule has 2 amide bonds. The number of halogens is 10. The third-order valence-electron chi connectivity index (χ3n) is 18.4. The maximum atomic E-state index is 14.8. The number of carbonyl (C=O) groups excluding carboxylic acids is 2. The van der Waals surface area contributed by atoms with Crippen LogP contribution in [0.5, 0.6) is 0 Å². The summed E-state index contributed by atoms with van der Waals surface area (Å²) in [6.07, 6.45) is -5.76. The first-order valence-corrected chi connectivity index (χ1v) is 28.5. The number of aryl methyl sites for hydroxylation is 2. The van der Waals surface area contributed by atoms with Crippen LogP contribution in [0.15, 0.2) is 58.1 Å². The lowest BCUT2D eigenvalue weighted by Crippen LogP contribution is -2.39. The van der Waals surface area contributed by atoms with Crippen molar-refractivity contribution in [3.8, 4) is 0 Å². The molecule has 6 aromatic rings. The molecule has 2 saturated carbocycles. The molecule has 4 fully saturated rings. The molecule has 84 heavy (non-hydrogen) atoms. The number of nitrogens with one attached hydrogen (secondary N) is 2. The zero-order valence-electron chi connectivity index (χ0n) is 46.1. The number of amides is 2. The number of fused-ring (bicyclic) bond motifs is 2. The molecule has 0 unspecified atom stereocenters. The van der Waals surface area contributed by atoms with Gasteiger partial charge in [0.15, 0.2) is 23.3 Å². The molecule has 4 atom stereocenters. The number of nitrogens with zero attached hydrogens (tertiary/aromatic N) is 10. The van der Waals surface area contributed by atoms with Gasteiger partial charge >= 0.3 is 12.4 Å². The van der Waals surface area contributed by atoms with Crippen LogP contribution >= 0.6 is 0 Å². The third-order valence-corrected chi connectivity index (χ3v) is 18.4. The summed E-state index contributed by atoms with van der Waals surface area (Å²) in [5.74, 6) is -6.60. The minimum atomic E-state index is -4.53. The van der Waals surface area contributed by atoms with E-state index in [2.05, 4.69) is 40.8 Å². The highest BCUT2D eigenvalue weighted by Gasteiger charge is 2.68. The van der Waals surface area contributed by atoms with E-state index in [9.17, 15) is 63.1 Å². The molecule has 12 rings (SSSR count).